The van der Waals surface area contributed by atoms with E-state index < -0.39 is 10.0 Å². The van der Waals surface area contributed by atoms with Gasteiger partial charge in [0.05, 0.1) is 4.90 Å². The second-order valence-electron chi connectivity index (χ2n) is 6.18. The molecular formula is C17H24N4O4S. The molecule has 8 nitrogen and oxygen atoms in total. The van der Waals surface area contributed by atoms with Crippen LogP contribution in [0.2, 0.25) is 0 Å². The molecule has 1 aromatic heterocycles. The van der Waals surface area contributed by atoms with Crippen molar-refractivity contribution in [3.63, 3.8) is 0 Å². The largest absolute Gasteiger partial charge is 0.352 e. The molecule has 0 radical (unpaired) electrons. The molecule has 0 spiro atoms. The molecule has 1 heterocycles. The molecule has 0 bridgehead atoms. The first-order chi connectivity index (χ1) is 12.3. The first-order valence-corrected chi connectivity index (χ1v) is 9.88. The highest BCUT2D eigenvalue weighted by Crippen LogP contribution is 2.16. The molecular weight excluding hydrogens is 356 g/mol. The standard InChI is InChI=1S/C17H24N4O4S/c1-4-13(2)11-18-17(22)14-6-5-7-15(10-14)26(23,24)21(3)9-8-16-19-12-25-20-16/h5-7,10,12-13H,4,8-9,11H2,1-3H3,(H,18,22). The number of sulfonamides is 1. The molecule has 1 atom stereocenters. The van der Waals surface area contributed by atoms with Crippen LogP contribution in [-0.2, 0) is 16.4 Å². The van der Waals surface area contributed by atoms with E-state index in [0.29, 0.717) is 30.3 Å². The Kier molecular flexibility index (Phi) is 6.87. The predicted molar refractivity (Wildman–Crippen MR) is 96.0 cm³/mol. The molecule has 1 N–H and O–H groups in total. The lowest BCUT2D eigenvalue weighted by atomic mass is 10.1. The van der Waals surface area contributed by atoms with Gasteiger partial charge in [0.25, 0.3) is 5.91 Å². The molecule has 0 aliphatic heterocycles. The molecule has 0 saturated heterocycles. The molecule has 9 heteroatoms. The highest BCUT2D eigenvalue weighted by Gasteiger charge is 2.22. The Morgan fingerprint density at radius 1 is 1.38 bits per heavy atom. The van der Waals surface area contributed by atoms with Crippen molar-refractivity contribution in [2.24, 2.45) is 5.92 Å². The Morgan fingerprint density at radius 3 is 2.81 bits per heavy atom. The fraction of sp³-hybridized carbons (Fsp3) is 0.471. The van der Waals surface area contributed by atoms with Crippen LogP contribution < -0.4 is 5.32 Å². The van der Waals surface area contributed by atoms with Crippen molar-refractivity contribution in [3.05, 3.63) is 42.0 Å². The van der Waals surface area contributed by atoms with Crippen LogP contribution in [-0.4, -0.2) is 48.9 Å². The van der Waals surface area contributed by atoms with E-state index in [0.717, 1.165) is 6.42 Å². The van der Waals surface area contributed by atoms with Crippen LogP contribution in [0, 0.1) is 5.92 Å². The fourth-order valence-corrected chi connectivity index (χ4v) is 3.39. The molecule has 0 aliphatic carbocycles. The summed E-state index contributed by atoms with van der Waals surface area (Å²) in [6.45, 7) is 4.84. The van der Waals surface area contributed by atoms with E-state index in [9.17, 15) is 13.2 Å². The summed E-state index contributed by atoms with van der Waals surface area (Å²) >= 11 is 0. The van der Waals surface area contributed by atoms with Crippen LogP contribution in [0.15, 0.2) is 40.1 Å². The van der Waals surface area contributed by atoms with Crippen LogP contribution in [0.1, 0.15) is 36.5 Å². The number of carbonyl (C=O) groups excluding carboxylic acids is 1. The maximum atomic E-state index is 12.7. The quantitative estimate of drug-likeness (QED) is 0.710. The zero-order chi connectivity index (χ0) is 19.2. The van der Waals surface area contributed by atoms with Gasteiger partial charge in [-0.05, 0) is 24.1 Å². The number of rotatable bonds is 9. The van der Waals surface area contributed by atoms with E-state index in [4.69, 9.17) is 0 Å². The Balaban J connectivity index is 2.07. The molecule has 0 saturated carbocycles. The lowest BCUT2D eigenvalue weighted by Gasteiger charge is -2.17. The molecule has 142 valence electrons. The monoisotopic (exact) mass is 380 g/mol. The molecule has 1 amide bonds. The number of nitrogens with zero attached hydrogens (tertiary/aromatic N) is 3. The van der Waals surface area contributed by atoms with Gasteiger partial charge in [-0.25, -0.2) is 12.7 Å². The smallest absolute Gasteiger partial charge is 0.251 e. The van der Waals surface area contributed by atoms with Gasteiger partial charge in [0.1, 0.15) is 0 Å². The zero-order valence-corrected chi connectivity index (χ0v) is 16.0. The van der Waals surface area contributed by atoms with Gasteiger partial charge in [0, 0.05) is 32.1 Å². The minimum absolute atomic E-state index is 0.0734. The van der Waals surface area contributed by atoms with Gasteiger partial charge in [0.2, 0.25) is 16.4 Å². The normalized spacial score (nSPS) is 12.9. The average Bonchev–Trinajstić information content (AvgIpc) is 3.17. The van der Waals surface area contributed by atoms with E-state index in [-0.39, 0.29) is 17.3 Å². The minimum Gasteiger partial charge on any atom is -0.352 e. The fourth-order valence-electron chi connectivity index (χ4n) is 2.17. The summed E-state index contributed by atoms with van der Waals surface area (Å²) < 4.78 is 31.3. The third kappa shape index (κ3) is 5.12. The van der Waals surface area contributed by atoms with Crippen molar-refractivity contribution in [2.75, 3.05) is 20.1 Å². The van der Waals surface area contributed by atoms with E-state index in [2.05, 4.69) is 26.9 Å². The summed E-state index contributed by atoms with van der Waals surface area (Å²) in [4.78, 5) is 16.2. The van der Waals surface area contributed by atoms with Crippen molar-refractivity contribution < 1.29 is 17.7 Å². The first kappa shape index (κ1) is 20.1. The summed E-state index contributed by atoms with van der Waals surface area (Å²) in [7, 11) is -2.24. The predicted octanol–water partition coefficient (Wildman–Crippen LogP) is 1.71. The van der Waals surface area contributed by atoms with Crippen molar-refractivity contribution in [2.45, 2.75) is 31.6 Å². The number of carbonyl (C=O) groups is 1. The summed E-state index contributed by atoms with van der Waals surface area (Å²) in [5.74, 6) is 0.518. The SMILES string of the molecule is CCC(C)CNC(=O)c1cccc(S(=O)(=O)N(C)CCc2ncon2)c1. The summed E-state index contributed by atoms with van der Waals surface area (Å²) in [6.07, 6.45) is 2.49. The van der Waals surface area contributed by atoms with Gasteiger partial charge in [-0.2, -0.15) is 4.98 Å². The summed E-state index contributed by atoms with van der Waals surface area (Å²) in [5.41, 5.74) is 0.320. The van der Waals surface area contributed by atoms with E-state index in [1.54, 1.807) is 12.1 Å². The number of benzene rings is 1. The Bertz CT molecular complexity index is 821. The van der Waals surface area contributed by atoms with E-state index in [1.807, 2.05) is 6.92 Å². The van der Waals surface area contributed by atoms with Crippen molar-refractivity contribution >= 4 is 15.9 Å². The second-order valence-corrected chi connectivity index (χ2v) is 8.22. The summed E-state index contributed by atoms with van der Waals surface area (Å²) in [5, 5.41) is 6.49. The van der Waals surface area contributed by atoms with Gasteiger partial charge in [-0.15, -0.1) is 0 Å². The van der Waals surface area contributed by atoms with Gasteiger partial charge in [-0.1, -0.05) is 31.5 Å². The van der Waals surface area contributed by atoms with Gasteiger partial charge >= 0.3 is 0 Å². The van der Waals surface area contributed by atoms with Crippen LogP contribution in [0.3, 0.4) is 0 Å². The maximum absolute atomic E-state index is 12.7. The second kappa shape index (κ2) is 8.91. The number of likely N-dealkylation sites (N-methyl/N-ethyl adjacent to an activating group) is 1. The van der Waals surface area contributed by atoms with Crippen molar-refractivity contribution in [3.8, 4) is 0 Å². The molecule has 26 heavy (non-hydrogen) atoms. The number of nitrogens with one attached hydrogen (secondary N) is 1. The highest BCUT2D eigenvalue weighted by molar-refractivity contribution is 7.89. The van der Waals surface area contributed by atoms with Crippen LogP contribution >= 0.6 is 0 Å². The van der Waals surface area contributed by atoms with Crippen molar-refractivity contribution in [1.29, 1.82) is 0 Å². The van der Waals surface area contributed by atoms with E-state index >= 15 is 0 Å². The Labute approximate surface area is 153 Å². The molecule has 0 fully saturated rings. The highest BCUT2D eigenvalue weighted by atomic mass is 32.2. The Morgan fingerprint density at radius 2 is 2.15 bits per heavy atom. The van der Waals surface area contributed by atoms with Gasteiger partial charge in [-0.3, -0.25) is 4.79 Å². The average molecular weight is 380 g/mol. The third-order valence-electron chi connectivity index (χ3n) is 4.17. The number of amides is 1. The third-order valence-corrected chi connectivity index (χ3v) is 6.02. The lowest BCUT2D eigenvalue weighted by Crippen LogP contribution is -2.30. The lowest BCUT2D eigenvalue weighted by molar-refractivity contribution is 0.0947. The number of hydrogen-bond acceptors (Lipinski definition) is 6. The molecule has 1 aromatic carbocycles. The molecule has 0 aliphatic rings. The summed E-state index contributed by atoms with van der Waals surface area (Å²) in [6, 6.07) is 6.04. The minimum atomic E-state index is -3.72. The molecule has 2 rings (SSSR count). The van der Waals surface area contributed by atoms with Gasteiger partial charge in [0.15, 0.2) is 5.82 Å². The maximum Gasteiger partial charge on any atom is 0.251 e. The number of aromatic nitrogens is 2. The molecule has 1 unspecified atom stereocenters. The van der Waals surface area contributed by atoms with Crippen molar-refractivity contribution in [1.82, 2.24) is 19.8 Å². The Hall–Kier alpha value is -2.26. The van der Waals surface area contributed by atoms with E-state index in [1.165, 1.54) is 29.9 Å². The molecule has 2 aromatic rings. The topological polar surface area (TPSA) is 105 Å². The van der Waals surface area contributed by atoms with Crippen LogP contribution in [0.25, 0.3) is 0 Å². The van der Waals surface area contributed by atoms with Gasteiger partial charge < -0.3 is 9.84 Å². The van der Waals surface area contributed by atoms with Crippen LogP contribution in [0.4, 0.5) is 0 Å². The zero-order valence-electron chi connectivity index (χ0n) is 15.2. The number of hydrogen-bond donors (Lipinski definition) is 1. The van der Waals surface area contributed by atoms with Crippen LogP contribution in [0.5, 0.6) is 0 Å². The first-order valence-electron chi connectivity index (χ1n) is 8.44.